The Labute approximate surface area is 166 Å². The first-order valence-electron chi connectivity index (χ1n) is 8.83. The Morgan fingerprint density at radius 1 is 1.10 bits per heavy atom. The van der Waals surface area contributed by atoms with Crippen LogP contribution in [0.2, 0.25) is 0 Å². The van der Waals surface area contributed by atoms with Crippen LogP contribution in [0.3, 0.4) is 0 Å². The van der Waals surface area contributed by atoms with Gasteiger partial charge in [0.15, 0.2) is 11.5 Å². The molecule has 1 amide bonds. The first-order valence-corrected chi connectivity index (χ1v) is 8.83. The Balaban J connectivity index is 1.68. The first-order chi connectivity index (χ1) is 13.9. The fourth-order valence-electron chi connectivity index (χ4n) is 2.78. The van der Waals surface area contributed by atoms with Gasteiger partial charge in [0, 0.05) is 18.2 Å². The zero-order valence-electron chi connectivity index (χ0n) is 16.2. The van der Waals surface area contributed by atoms with E-state index in [0.717, 1.165) is 29.5 Å². The quantitative estimate of drug-likeness (QED) is 0.645. The third kappa shape index (κ3) is 4.90. The number of amides is 1. The van der Waals surface area contributed by atoms with E-state index in [0.29, 0.717) is 28.4 Å². The van der Waals surface area contributed by atoms with Crippen LogP contribution >= 0.6 is 0 Å². The van der Waals surface area contributed by atoms with Crippen LogP contribution in [0.15, 0.2) is 40.9 Å². The molecule has 0 aliphatic heterocycles. The molecular weight excluding hydrogens is 382 g/mol. The predicted molar refractivity (Wildman–Crippen MR) is 101 cm³/mol. The van der Waals surface area contributed by atoms with E-state index >= 15 is 0 Å². The van der Waals surface area contributed by atoms with E-state index in [9.17, 15) is 13.6 Å². The topological polar surface area (TPSA) is 73.6 Å². The Morgan fingerprint density at radius 3 is 2.45 bits per heavy atom. The molecular formula is C21H20F2N2O4. The highest BCUT2D eigenvalue weighted by molar-refractivity contribution is 5.94. The molecule has 29 heavy (non-hydrogen) atoms. The van der Waals surface area contributed by atoms with Crippen LogP contribution in [0, 0.1) is 25.5 Å². The van der Waals surface area contributed by atoms with Crippen molar-refractivity contribution >= 4 is 5.91 Å². The summed E-state index contributed by atoms with van der Waals surface area (Å²) in [5.74, 6) is -0.305. The average Bonchev–Trinajstić information content (AvgIpc) is 3.01. The SMILES string of the molecule is COc1cc(C(=O)NCc2cc(F)cc(F)c2)ccc1OCc1c(C)noc1C. The third-order valence-electron chi connectivity index (χ3n) is 4.35. The number of nitrogens with one attached hydrogen (secondary N) is 1. The van der Waals surface area contributed by atoms with Gasteiger partial charge in [-0.1, -0.05) is 5.16 Å². The molecule has 0 saturated heterocycles. The number of aryl methyl sites for hydroxylation is 2. The lowest BCUT2D eigenvalue weighted by atomic mass is 10.1. The summed E-state index contributed by atoms with van der Waals surface area (Å²) < 4.78 is 42.7. The minimum atomic E-state index is -0.698. The second-order valence-corrected chi connectivity index (χ2v) is 6.42. The van der Waals surface area contributed by atoms with Gasteiger partial charge in [0.25, 0.3) is 5.91 Å². The number of nitrogens with zero attached hydrogens (tertiary/aromatic N) is 1. The van der Waals surface area contributed by atoms with Gasteiger partial charge in [0.2, 0.25) is 0 Å². The average molecular weight is 402 g/mol. The number of carbonyl (C=O) groups is 1. The van der Waals surface area contributed by atoms with E-state index in [1.807, 2.05) is 6.92 Å². The standard InChI is InChI=1S/C21H20F2N2O4/c1-12-18(13(2)29-25-12)11-28-19-5-4-15(8-20(19)27-3)21(26)24-10-14-6-16(22)9-17(23)7-14/h4-9H,10-11H2,1-3H3,(H,24,26). The van der Waals surface area contributed by atoms with Crippen LogP contribution < -0.4 is 14.8 Å². The number of rotatable bonds is 7. The van der Waals surface area contributed by atoms with Crippen LogP contribution in [0.5, 0.6) is 11.5 Å². The number of aromatic nitrogens is 1. The molecule has 152 valence electrons. The molecule has 6 nitrogen and oxygen atoms in total. The molecule has 8 heteroatoms. The molecule has 0 fully saturated rings. The molecule has 0 radical (unpaired) electrons. The van der Waals surface area contributed by atoms with Gasteiger partial charge in [-0.05, 0) is 49.7 Å². The molecule has 3 rings (SSSR count). The highest BCUT2D eigenvalue weighted by atomic mass is 19.1. The van der Waals surface area contributed by atoms with Gasteiger partial charge in [-0.25, -0.2) is 8.78 Å². The Morgan fingerprint density at radius 2 is 1.83 bits per heavy atom. The zero-order chi connectivity index (χ0) is 21.0. The van der Waals surface area contributed by atoms with Crippen LogP contribution in [0.25, 0.3) is 0 Å². The second kappa shape index (κ2) is 8.72. The highest BCUT2D eigenvalue weighted by Gasteiger charge is 2.14. The summed E-state index contributed by atoms with van der Waals surface area (Å²) in [5, 5.41) is 6.50. The van der Waals surface area contributed by atoms with Crippen LogP contribution in [0.1, 0.15) is 32.9 Å². The van der Waals surface area contributed by atoms with E-state index in [1.165, 1.54) is 13.2 Å². The minimum absolute atomic E-state index is 0.0138. The van der Waals surface area contributed by atoms with Crippen molar-refractivity contribution in [2.75, 3.05) is 7.11 Å². The van der Waals surface area contributed by atoms with Gasteiger partial charge in [-0.3, -0.25) is 4.79 Å². The molecule has 0 bridgehead atoms. The normalized spacial score (nSPS) is 10.7. The minimum Gasteiger partial charge on any atom is -0.493 e. The van der Waals surface area contributed by atoms with Gasteiger partial charge in [0.05, 0.1) is 18.4 Å². The second-order valence-electron chi connectivity index (χ2n) is 6.42. The molecule has 1 aromatic heterocycles. The summed E-state index contributed by atoms with van der Waals surface area (Å²) in [6, 6.07) is 7.83. The molecule has 2 aromatic carbocycles. The monoisotopic (exact) mass is 402 g/mol. The van der Waals surface area contributed by atoms with Gasteiger partial charge in [0.1, 0.15) is 24.0 Å². The summed E-state index contributed by atoms with van der Waals surface area (Å²) in [6.45, 7) is 3.85. The largest absolute Gasteiger partial charge is 0.493 e. The molecule has 1 heterocycles. The number of benzene rings is 2. The first kappa shape index (κ1) is 20.3. The molecule has 0 unspecified atom stereocenters. The summed E-state index contributed by atoms with van der Waals surface area (Å²) in [6.07, 6.45) is 0. The lowest BCUT2D eigenvalue weighted by Gasteiger charge is -2.12. The number of hydrogen-bond donors (Lipinski definition) is 1. The van der Waals surface area contributed by atoms with Crippen molar-refractivity contribution in [3.63, 3.8) is 0 Å². The van der Waals surface area contributed by atoms with Crippen LogP contribution in [-0.2, 0) is 13.2 Å². The molecule has 1 N–H and O–H groups in total. The summed E-state index contributed by atoms with van der Waals surface area (Å²) in [7, 11) is 1.47. The maximum atomic E-state index is 13.2. The predicted octanol–water partition coefficient (Wildman–Crippen LogP) is 4.09. The molecule has 3 aromatic rings. The number of methoxy groups -OCH3 is 1. The van der Waals surface area contributed by atoms with E-state index in [-0.39, 0.29) is 13.2 Å². The maximum Gasteiger partial charge on any atom is 0.251 e. The third-order valence-corrected chi connectivity index (χ3v) is 4.35. The Kier molecular flexibility index (Phi) is 6.11. The van der Waals surface area contributed by atoms with Crippen molar-refractivity contribution in [1.29, 1.82) is 0 Å². The maximum absolute atomic E-state index is 13.2. The van der Waals surface area contributed by atoms with Crippen LogP contribution in [0.4, 0.5) is 8.78 Å². The lowest BCUT2D eigenvalue weighted by molar-refractivity contribution is 0.0950. The smallest absolute Gasteiger partial charge is 0.251 e. The van der Waals surface area contributed by atoms with E-state index in [4.69, 9.17) is 14.0 Å². The van der Waals surface area contributed by atoms with Crippen molar-refractivity contribution in [2.24, 2.45) is 0 Å². The molecule has 0 aliphatic rings. The molecule has 0 atom stereocenters. The van der Waals surface area contributed by atoms with Gasteiger partial charge >= 0.3 is 0 Å². The van der Waals surface area contributed by atoms with E-state index in [1.54, 1.807) is 19.1 Å². The van der Waals surface area contributed by atoms with Gasteiger partial charge in [-0.15, -0.1) is 0 Å². The fraction of sp³-hybridized carbons (Fsp3) is 0.238. The van der Waals surface area contributed by atoms with Gasteiger partial charge in [-0.2, -0.15) is 0 Å². The number of hydrogen-bond acceptors (Lipinski definition) is 5. The summed E-state index contributed by atoms with van der Waals surface area (Å²) >= 11 is 0. The Hall–Kier alpha value is -3.42. The molecule has 0 spiro atoms. The zero-order valence-corrected chi connectivity index (χ0v) is 16.2. The Bertz CT molecular complexity index is 994. The highest BCUT2D eigenvalue weighted by Crippen LogP contribution is 2.29. The number of carbonyl (C=O) groups excluding carboxylic acids is 1. The molecule has 0 aliphatic carbocycles. The fourth-order valence-corrected chi connectivity index (χ4v) is 2.78. The van der Waals surface area contributed by atoms with E-state index in [2.05, 4.69) is 10.5 Å². The number of ether oxygens (including phenoxy) is 2. The van der Waals surface area contributed by atoms with Crippen molar-refractivity contribution < 1.29 is 27.6 Å². The van der Waals surface area contributed by atoms with Crippen molar-refractivity contribution in [3.8, 4) is 11.5 Å². The molecule has 0 saturated carbocycles. The number of halogens is 2. The van der Waals surface area contributed by atoms with Crippen LogP contribution in [-0.4, -0.2) is 18.2 Å². The van der Waals surface area contributed by atoms with Crippen molar-refractivity contribution in [1.82, 2.24) is 10.5 Å². The van der Waals surface area contributed by atoms with Crippen molar-refractivity contribution in [2.45, 2.75) is 27.0 Å². The van der Waals surface area contributed by atoms with E-state index < -0.39 is 17.5 Å². The summed E-state index contributed by atoms with van der Waals surface area (Å²) in [4.78, 5) is 12.4. The lowest BCUT2D eigenvalue weighted by Crippen LogP contribution is -2.23. The summed E-state index contributed by atoms with van der Waals surface area (Å²) in [5.41, 5.74) is 2.23. The van der Waals surface area contributed by atoms with Gasteiger partial charge < -0.3 is 19.3 Å². The van der Waals surface area contributed by atoms with Crippen molar-refractivity contribution in [3.05, 3.63) is 76.2 Å².